The van der Waals surface area contributed by atoms with Crippen LogP contribution in [0.4, 0.5) is 11.4 Å². The molecule has 0 radical (unpaired) electrons. The highest BCUT2D eigenvalue weighted by molar-refractivity contribution is 6.03. The third-order valence-electron chi connectivity index (χ3n) is 4.13. The number of aryl methyl sites for hydroxylation is 1. The molecule has 0 aliphatic heterocycles. The van der Waals surface area contributed by atoms with Gasteiger partial charge < -0.3 is 14.5 Å². The van der Waals surface area contributed by atoms with E-state index >= 15 is 0 Å². The molecule has 1 amide bonds. The zero-order chi connectivity index (χ0) is 21.0. The molecule has 0 unspecified atom stereocenters. The number of hydrogen-bond donors (Lipinski definition) is 1. The van der Waals surface area contributed by atoms with E-state index in [1.807, 2.05) is 0 Å². The fourth-order valence-electron chi connectivity index (χ4n) is 2.60. The fraction of sp³-hybridized carbons (Fsp3) is 0.143. The van der Waals surface area contributed by atoms with Crippen LogP contribution in [0.3, 0.4) is 0 Å². The van der Waals surface area contributed by atoms with E-state index in [0.717, 1.165) is 0 Å². The predicted octanol–water partition coefficient (Wildman–Crippen LogP) is 4.53. The summed E-state index contributed by atoms with van der Waals surface area (Å²) in [5, 5.41) is 13.7. The van der Waals surface area contributed by atoms with E-state index in [9.17, 15) is 19.7 Å². The number of furan rings is 1. The van der Waals surface area contributed by atoms with Crippen molar-refractivity contribution in [3.63, 3.8) is 0 Å². The van der Waals surface area contributed by atoms with Crippen LogP contribution < -0.4 is 10.1 Å². The number of carbonyl (C=O) groups excluding carboxylic acids is 2. The zero-order valence-electron chi connectivity index (χ0n) is 15.8. The van der Waals surface area contributed by atoms with Gasteiger partial charge in [-0.3, -0.25) is 19.7 Å². The first-order valence-corrected chi connectivity index (χ1v) is 8.72. The fourth-order valence-corrected chi connectivity index (χ4v) is 2.60. The van der Waals surface area contributed by atoms with Crippen LogP contribution in [0, 0.1) is 17.0 Å². The summed E-state index contributed by atoms with van der Waals surface area (Å²) in [7, 11) is 0. The lowest BCUT2D eigenvalue weighted by Crippen LogP contribution is -2.12. The van der Waals surface area contributed by atoms with Crippen molar-refractivity contribution in [1.82, 2.24) is 0 Å². The van der Waals surface area contributed by atoms with Gasteiger partial charge in [-0.05, 0) is 61.9 Å². The largest absolute Gasteiger partial charge is 0.486 e. The third kappa shape index (κ3) is 4.86. The highest BCUT2D eigenvalue weighted by Gasteiger charge is 2.19. The second kappa shape index (κ2) is 8.39. The van der Waals surface area contributed by atoms with Gasteiger partial charge >= 0.3 is 0 Å². The summed E-state index contributed by atoms with van der Waals surface area (Å²) in [5.74, 6) is 0.323. The molecule has 0 fully saturated rings. The molecule has 1 N–H and O–H groups in total. The Morgan fingerprint density at radius 3 is 2.48 bits per heavy atom. The first kappa shape index (κ1) is 19.8. The molecule has 0 atom stereocenters. The standard InChI is InChI=1S/C21H18N2O6/c1-13-3-9-18(19(11-13)23(26)27)22-21(25)20-10-8-17(29-20)12-28-16-6-4-15(5-7-16)14(2)24/h3-11H,12H2,1-2H3,(H,22,25). The third-order valence-corrected chi connectivity index (χ3v) is 4.13. The molecule has 2 aromatic carbocycles. The van der Waals surface area contributed by atoms with Gasteiger partial charge in [0.15, 0.2) is 11.5 Å². The number of anilines is 1. The maximum absolute atomic E-state index is 12.4. The minimum absolute atomic E-state index is 0.00500. The number of amides is 1. The van der Waals surface area contributed by atoms with E-state index < -0.39 is 10.8 Å². The van der Waals surface area contributed by atoms with E-state index in [1.165, 1.54) is 25.1 Å². The van der Waals surface area contributed by atoms with Crippen molar-refractivity contribution in [1.29, 1.82) is 0 Å². The number of hydrogen-bond acceptors (Lipinski definition) is 6. The number of nitro benzene ring substituents is 1. The molecule has 0 saturated heterocycles. The maximum atomic E-state index is 12.4. The molecular formula is C21H18N2O6. The lowest BCUT2D eigenvalue weighted by atomic mass is 10.1. The molecular weight excluding hydrogens is 376 g/mol. The smallest absolute Gasteiger partial charge is 0.293 e. The van der Waals surface area contributed by atoms with Gasteiger partial charge in [0.2, 0.25) is 0 Å². The first-order chi connectivity index (χ1) is 13.8. The molecule has 3 rings (SSSR count). The van der Waals surface area contributed by atoms with Crippen LogP contribution in [0.2, 0.25) is 0 Å². The molecule has 0 saturated carbocycles. The summed E-state index contributed by atoms with van der Waals surface area (Å²) in [6, 6.07) is 14.2. The number of benzene rings is 2. The number of nitro groups is 1. The average molecular weight is 394 g/mol. The maximum Gasteiger partial charge on any atom is 0.293 e. The minimum Gasteiger partial charge on any atom is -0.486 e. The Hall–Kier alpha value is -3.94. The highest BCUT2D eigenvalue weighted by Crippen LogP contribution is 2.26. The molecule has 1 heterocycles. The number of ether oxygens (including phenoxy) is 1. The highest BCUT2D eigenvalue weighted by atomic mass is 16.6. The summed E-state index contributed by atoms with van der Waals surface area (Å²) in [4.78, 5) is 34.3. The van der Waals surface area contributed by atoms with Crippen LogP contribution in [-0.4, -0.2) is 16.6 Å². The quantitative estimate of drug-likeness (QED) is 0.358. The molecule has 1 aromatic heterocycles. The monoisotopic (exact) mass is 394 g/mol. The number of rotatable bonds is 7. The van der Waals surface area contributed by atoms with Gasteiger partial charge in [-0.15, -0.1) is 0 Å². The van der Waals surface area contributed by atoms with Crippen LogP contribution in [0.15, 0.2) is 59.0 Å². The Labute approximate surface area is 166 Å². The first-order valence-electron chi connectivity index (χ1n) is 8.72. The van der Waals surface area contributed by atoms with Crippen molar-refractivity contribution >= 4 is 23.1 Å². The van der Waals surface area contributed by atoms with Crippen molar-refractivity contribution < 1.29 is 23.7 Å². The number of nitrogens with zero attached hydrogens (tertiary/aromatic N) is 1. The van der Waals surface area contributed by atoms with Crippen LogP contribution in [-0.2, 0) is 6.61 Å². The van der Waals surface area contributed by atoms with Gasteiger partial charge in [0.1, 0.15) is 23.8 Å². The molecule has 0 aliphatic rings. The van der Waals surface area contributed by atoms with Gasteiger partial charge in [0.25, 0.3) is 11.6 Å². The second-order valence-electron chi connectivity index (χ2n) is 6.37. The number of ketones is 1. The zero-order valence-corrected chi connectivity index (χ0v) is 15.8. The van der Waals surface area contributed by atoms with Crippen molar-refractivity contribution in [3.05, 3.63) is 87.4 Å². The van der Waals surface area contributed by atoms with Crippen molar-refractivity contribution in [2.45, 2.75) is 20.5 Å². The van der Waals surface area contributed by atoms with Crippen molar-refractivity contribution in [2.24, 2.45) is 0 Å². The van der Waals surface area contributed by atoms with E-state index in [0.29, 0.717) is 22.6 Å². The predicted molar refractivity (Wildman–Crippen MR) is 105 cm³/mol. The van der Waals surface area contributed by atoms with Gasteiger partial charge in [-0.2, -0.15) is 0 Å². The van der Waals surface area contributed by atoms with E-state index in [-0.39, 0.29) is 29.5 Å². The Kier molecular flexibility index (Phi) is 5.73. The molecule has 3 aromatic rings. The second-order valence-corrected chi connectivity index (χ2v) is 6.37. The van der Waals surface area contributed by atoms with Crippen molar-refractivity contribution in [2.75, 3.05) is 5.32 Å². The Morgan fingerprint density at radius 1 is 1.10 bits per heavy atom. The number of nitrogens with one attached hydrogen (secondary N) is 1. The van der Waals surface area contributed by atoms with Gasteiger partial charge in [-0.25, -0.2) is 0 Å². The van der Waals surface area contributed by atoms with Crippen LogP contribution in [0.5, 0.6) is 5.75 Å². The molecule has 8 nitrogen and oxygen atoms in total. The van der Waals surface area contributed by atoms with Gasteiger partial charge in [0.05, 0.1) is 4.92 Å². The average Bonchev–Trinajstić information content (AvgIpc) is 3.17. The molecule has 0 bridgehead atoms. The molecule has 8 heteroatoms. The molecule has 0 aliphatic carbocycles. The molecule has 0 spiro atoms. The normalized spacial score (nSPS) is 10.4. The summed E-state index contributed by atoms with van der Waals surface area (Å²) < 4.78 is 11.0. The topological polar surface area (TPSA) is 112 Å². The van der Waals surface area contributed by atoms with E-state index in [1.54, 1.807) is 43.3 Å². The summed E-state index contributed by atoms with van der Waals surface area (Å²) in [6.45, 7) is 3.29. The Bertz CT molecular complexity index is 1070. The number of Topliss-reactive ketones (excluding diaryl/α,β-unsaturated/α-hetero) is 1. The summed E-state index contributed by atoms with van der Waals surface area (Å²) >= 11 is 0. The Morgan fingerprint density at radius 2 is 1.83 bits per heavy atom. The van der Waals surface area contributed by atoms with E-state index in [4.69, 9.17) is 9.15 Å². The minimum atomic E-state index is -0.603. The van der Waals surface area contributed by atoms with Crippen LogP contribution in [0.25, 0.3) is 0 Å². The lowest BCUT2D eigenvalue weighted by molar-refractivity contribution is -0.384. The molecule has 148 valence electrons. The van der Waals surface area contributed by atoms with Crippen LogP contribution >= 0.6 is 0 Å². The van der Waals surface area contributed by atoms with Crippen LogP contribution in [0.1, 0.15) is 39.2 Å². The van der Waals surface area contributed by atoms with Gasteiger partial charge in [-0.1, -0.05) is 6.07 Å². The van der Waals surface area contributed by atoms with Crippen molar-refractivity contribution in [3.8, 4) is 5.75 Å². The number of carbonyl (C=O) groups is 2. The van der Waals surface area contributed by atoms with Gasteiger partial charge in [0, 0.05) is 11.6 Å². The molecule has 29 heavy (non-hydrogen) atoms. The summed E-state index contributed by atoms with van der Waals surface area (Å²) in [6.07, 6.45) is 0. The lowest BCUT2D eigenvalue weighted by Gasteiger charge is -2.06. The summed E-state index contributed by atoms with van der Waals surface area (Å²) in [5.41, 5.74) is 1.19. The Balaban J connectivity index is 1.64. The SMILES string of the molecule is CC(=O)c1ccc(OCc2ccc(C(=O)Nc3ccc(C)cc3[N+](=O)[O-])o2)cc1. The van der Waals surface area contributed by atoms with E-state index in [2.05, 4.69) is 5.32 Å².